The van der Waals surface area contributed by atoms with Gasteiger partial charge in [-0.15, -0.1) is 0 Å². The summed E-state index contributed by atoms with van der Waals surface area (Å²) in [7, 11) is 0. The minimum absolute atomic E-state index is 0.00831. The lowest BCUT2D eigenvalue weighted by Gasteiger charge is -2.29. The average molecular weight is 270 g/mol. The molecule has 0 unspecified atom stereocenters. The number of rotatable bonds is 0. The Morgan fingerprint density at radius 2 is 1.45 bits per heavy atom. The zero-order valence-corrected chi connectivity index (χ0v) is 14.2. The monoisotopic (exact) mass is 270 g/mol. The summed E-state index contributed by atoms with van der Waals surface area (Å²) >= 11 is 0. The van der Waals surface area contributed by atoms with Crippen LogP contribution in [0.1, 0.15) is 66.5 Å². The van der Waals surface area contributed by atoms with Gasteiger partial charge in [-0.05, 0) is 57.7 Å². The molecule has 2 aromatic carbocycles. The van der Waals surface area contributed by atoms with E-state index in [1.807, 2.05) is 13.0 Å². The molecule has 20 heavy (non-hydrogen) atoms. The minimum atomic E-state index is 0.00831. The van der Waals surface area contributed by atoms with E-state index in [-0.39, 0.29) is 10.8 Å². The Kier molecular flexibility index (Phi) is 2.87. The molecule has 0 spiro atoms. The number of hydrogen-bond acceptors (Lipinski definition) is 0. The first-order valence-corrected chi connectivity index (χ1v) is 7.40. The van der Waals surface area contributed by atoms with Gasteiger partial charge in [0.2, 0.25) is 0 Å². The van der Waals surface area contributed by atoms with E-state index in [0.29, 0.717) is 12.1 Å². The fourth-order valence-corrected chi connectivity index (χ4v) is 3.11. The van der Waals surface area contributed by atoms with Crippen LogP contribution in [0.25, 0.3) is 10.8 Å². The van der Waals surface area contributed by atoms with Gasteiger partial charge < -0.3 is 0 Å². The molecule has 0 aromatic heterocycles. The van der Waals surface area contributed by atoms with Crippen LogP contribution in [0.3, 0.4) is 0 Å². The summed E-state index contributed by atoms with van der Waals surface area (Å²) in [6.45, 7) is 17.5. The van der Waals surface area contributed by atoms with Crippen LogP contribution in [0.2, 0.25) is 0 Å². The molecule has 0 heteroatoms. The van der Waals surface area contributed by atoms with Crippen LogP contribution in [0.4, 0.5) is 0 Å². The Morgan fingerprint density at radius 3 is 1.95 bits per heavy atom. The smallest absolute Gasteiger partial charge is 0.0614 e. The molecule has 0 bridgehead atoms. The van der Waals surface area contributed by atoms with E-state index in [1.165, 1.54) is 22.1 Å². The predicted octanol–water partition coefficient (Wildman–Crippen LogP) is 6.05. The molecule has 0 aliphatic heterocycles. The lowest BCUT2D eigenvalue weighted by atomic mass is 9.75. The molecule has 0 N–H and O–H groups in total. The highest BCUT2D eigenvalue weighted by Crippen LogP contribution is 2.39. The van der Waals surface area contributed by atoms with Gasteiger partial charge >= 0.3 is 0 Å². The number of aryl methyl sites for hydroxylation is 2. The highest BCUT2D eigenvalue weighted by molar-refractivity contribution is 5.93. The van der Waals surface area contributed by atoms with E-state index in [9.17, 15) is 0 Å². The second-order valence-electron chi connectivity index (χ2n) is 7.92. The van der Waals surface area contributed by atoms with Gasteiger partial charge in [0.1, 0.15) is 0 Å². The van der Waals surface area contributed by atoms with E-state index < -0.39 is 0 Å². The molecule has 0 saturated heterocycles. The molecule has 0 fully saturated rings. The fraction of sp³-hybridized carbons (Fsp3) is 0.500. The van der Waals surface area contributed by atoms with Crippen molar-refractivity contribution in [2.24, 2.45) is 0 Å². The Morgan fingerprint density at radius 1 is 0.900 bits per heavy atom. The van der Waals surface area contributed by atoms with Gasteiger partial charge in [-0.1, -0.05) is 65.8 Å². The van der Waals surface area contributed by atoms with Crippen LogP contribution in [-0.2, 0) is 10.8 Å². The van der Waals surface area contributed by atoms with Crippen LogP contribution in [0.5, 0.6) is 0 Å². The Hall–Kier alpha value is -1.30. The lowest BCUT2D eigenvalue weighted by Crippen LogP contribution is -2.18. The maximum Gasteiger partial charge on any atom is 0.0626 e. The first kappa shape index (κ1) is 12.4. The lowest BCUT2D eigenvalue weighted by molar-refractivity contribution is 0.570. The third-order valence-corrected chi connectivity index (χ3v) is 4.09. The van der Waals surface area contributed by atoms with Gasteiger partial charge in [-0.25, -0.2) is 0 Å². The minimum Gasteiger partial charge on any atom is -0.0614 e. The molecule has 0 amide bonds. The van der Waals surface area contributed by atoms with Crippen LogP contribution in [-0.4, -0.2) is 0 Å². The Bertz CT molecular complexity index is 741. The first-order valence-electron chi connectivity index (χ1n) is 8.40. The van der Waals surface area contributed by atoms with Crippen molar-refractivity contribution in [2.45, 2.75) is 66.2 Å². The van der Waals surface area contributed by atoms with Crippen molar-refractivity contribution >= 4 is 10.8 Å². The van der Waals surface area contributed by atoms with Gasteiger partial charge in [0, 0.05) is 0 Å². The summed E-state index contributed by atoms with van der Waals surface area (Å²) in [5, 5.41) is 2.30. The van der Waals surface area contributed by atoms with Crippen LogP contribution < -0.4 is 0 Å². The number of benzene rings is 2. The zero-order valence-electron chi connectivity index (χ0n) is 16.2. The Labute approximate surface area is 127 Å². The molecule has 0 aliphatic rings. The topological polar surface area (TPSA) is 0 Å². The molecular weight excluding hydrogens is 240 g/mol. The van der Waals surface area contributed by atoms with Crippen molar-refractivity contribution in [1.82, 2.24) is 0 Å². The molecule has 108 valence electrons. The summed E-state index contributed by atoms with van der Waals surface area (Å²) in [5.74, 6) is 0. The second-order valence-corrected chi connectivity index (χ2v) is 7.92. The van der Waals surface area contributed by atoms with Gasteiger partial charge in [-0.3, -0.25) is 0 Å². The van der Waals surface area contributed by atoms with Gasteiger partial charge in [0.25, 0.3) is 0 Å². The van der Waals surface area contributed by atoms with Gasteiger partial charge in [-0.2, -0.15) is 0 Å². The van der Waals surface area contributed by atoms with Crippen LogP contribution in [0.15, 0.2) is 24.2 Å². The van der Waals surface area contributed by atoms with E-state index in [1.54, 1.807) is 0 Å². The molecule has 0 atom stereocenters. The summed E-state index contributed by atoms with van der Waals surface area (Å²) in [4.78, 5) is 0. The van der Waals surface area contributed by atoms with Crippen molar-refractivity contribution in [3.63, 3.8) is 0 Å². The molecular formula is C20H28. The molecule has 0 aliphatic carbocycles. The van der Waals surface area contributed by atoms with Gasteiger partial charge in [0.15, 0.2) is 0 Å². The highest BCUT2D eigenvalue weighted by Gasteiger charge is 2.24. The number of fused-ring (bicyclic) bond motifs is 1. The first-order chi connectivity index (χ1) is 9.85. The third-order valence-electron chi connectivity index (χ3n) is 4.09. The SMILES string of the molecule is [2H]c1cc2c(C(C)(C)C)cc(C(C)(C)C)c(C)c2c(C)c1[2H]. The predicted molar refractivity (Wildman–Crippen MR) is 90.8 cm³/mol. The molecule has 0 nitrogen and oxygen atoms in total. The largest absolute Gasteiger partial charge is 0.0626 e. The molecule has 0 heterocycles. The standard InChI is InChI=1S/C20H28/c1-13-10-9-11-15-17(20(6,7)8)12-16(19(3,4)5)14(2)18(13)15/h9-12H,1-8H3/i9D,10D. The van der Waals surface area contributed by atoms with Crippen LogP contribution >= 0.6 is 0 Å². The molecule has 0 saturated carbocycles. The highest BCUT2D eigenvalue weighted by atomic mass is 14.3. The van der Waals surface area contributed by atoms with Crippen molar-refractivity contribution in [2.75, 3.05) is 0 Å². The van der Waals surface area contributed by atoms with E-state index in [2.05, 4.69) is 54.5 Å². The quantitative estimate of drug-likeness (QED) is 0.546. The zero-order chi connectivity index (χ0) is 17.0. The second kappa shape index (κ2) is 4.62. The maximum atomic E-state index is 8.19. The van der Waals surface area contributed by atoms with Gasteiger partial charge in [0.05, 0.1) is 2.74 Å². The molecule has 2 aromatic rings. The molecule has 2 rings (SSSR count). The number of hydrogen-bond donors (Lipinski definition) is 0. The van der Waals surface area contributed by atoms with Crippen molar-refractivity contribution in [3.8, 4) is 0 Å². The van der Waals surface area contributed by atoms with E-state index in [4.69, 9.17) is 2.74 Å². The van der Waals surface area contributed by atoms with E-state index >= 15 is 0 Å². The Balaban J connectivity index is 3.10. The van der Waals surface area contributed by atoms with E-state index in [0.717, 1.165) is 10.9 Å². The average Bonchev–Trinajstić information content (AvgIpc) is 2.32. The summed E-state index contributed by atoms with van der Waals surface area (Å²) < 4.78 is 16.3. The summed E-state index contributed by atoms with van der Waals surface area (Å²) in [6, 6.07) is 4.87. The summed E-state index contributed by atoms with van der Waals surface area (Å²) in [5.41, 5.74) is 4.86. The normalized spacial score (nSPS) is 14.4. The van der Waals surface area contributed by atoms with Crippen molar-refractivity contribution in [1.29, 1.82) is 0 Å². The maximum absolute atomic E-state index is 8.19. The van der Waals surface area contributed by atoms with Crippen molar-refractivity contribution < 1.29 is 2.74 Å². The van der Waals surface area contributed by atoms with Crippen LogP contribution in [0, 0.1) is 13.8 Å². The summed E-state index contributed by atoms with van der Waals surface area (Å²) in [6.07, 6.45) is 0. The molecule has 0 radical (unpaired) electrons. The van der Waals surface area contributed by atoms with Crippen molar-refractivity contribution in [3.05, 3.63) is 46.5 Å². The fourth-order valence-electron chi connectivity index (χ4n) is 3.11. The third kappa shape index (κ3) is 2.49.